The minimum atomic E-state index is -0.194. The molecule has 164 valence electrons. The number of ether oxygens (including phenoxy) is 2. The van der Waals surface area contributed by atoms with E-state index in [1.54, 1.807) is 20.2 Å². The highest BCUT2D eigenvalue weighted by atomic mass is 16.5. The zero-order valence-electron chi connectivity index (χ0n) is 18.2. The van der Waals surface area contributed by atoms with Crippen molar-refractivity contribution in [2.45, 2.75) is 26.8 Å². The van der Waals surface area contributed by atoms with Gasteiger partial charge in [-0.05, 0) is 38.0 Å². The number of nitrogens with zero attached hydrogens (tertiary/aromatic N) is 1. The first-order chi connectivity index (χ1) is 14.5. The molecule has 0 radical (unpaired) electrons. The minimum Gasteiger partial charge on any atom is -0.491 e. The SMILES string of the molecule is CN=C(NCCCNC(=O)c1occc1C)NCc1ccc(C)cc1OCCOC. The Balaban J connectivity index is 1.73. The number of carbonyl (C=O) groups excluding carboxylic acids is 1. The van der Waals surface area contributed by atoms with Crippen LogP contribution in [0.2, 0.25) is 0 Å². The summed E-state index contributed by atoms with van der Waals surface area (Å²) in [4.78, 5) is 16.3. The van der Waals surface area contributed by atoms with E-state index in [-0.39, 0.29) is 5.91 Å². The molecule has 0 unspecified atom stereocenters. The first-order valence-corrected chi connectivity index (χ1v) is 10.0. The highest BCUT2D eigenvalue weighted by molar-refractivity contribution is 5.92. The minimum absolute atomic E-state index is 0.194. The summed E-state index contributed by atoms with van der Waals surface area (Å²) in [5.74, 6) is 1.69. The van der Waals surface area contributed by atoms with Crippen molar-refractivity contribution in [1.82, 2.24) is 16.0 Å². The van der Waals surface area contributed by atoms with Crippen molar-refractivity contribution in [3.8, 4) is 5.75 Å². The van der Waals surface area contributed by atoms with Gasteiger partial charge in [-0.1, -0.05) is 12.1 Å². The van der Waals surface area contributed by atoms with Gasteiger partial charge in [0.1, 0.15) is 12.4 Å². The van der Waals surface area contributed by atoms with Gasteiger partial charge in [-0.25, -0.2) is 0 Å². The molecule has 8 nitrogen and oxygen atoms in total. The maximum Gasteiger partial charge on any atom is 0.287 e. The highest BCUT2D eigenvalue weighted by Crippen LogP contribution is 2.20. The van der Waals surface area contributed by atoms with Crippen LogP contribution in [0, 0.1) is 13.8 Å². The van der Waals surface area contributed by atoms with E-state index in [1.165, 1.54) is 6.26 Å². The molecule has 0 fully saturated rings. The molecule has 8 heteroatoms. The Kier molecular flexibility index (Phi) is 9.73. The number of methoxy groups -OCH3 is 1. The summed E-state index contributed by atoms with van der Waals surface area (Å²) in [5.41, 5.74) is 3.01. The van der Waals surface area contributed by atoms with Crippen molar-refractivity contribution in [3.05, 3.63) is 53.0 Å². The number of guanidine groups is 1. The van der Waals surface area contributed by atoms with Gasteiger partial charge in [0.2, 0.25) is 0 Å². The van der Waals surface area contributed by atoms with Crippen molar-refractivity contribution in [1.29, 1.82) is 0 Å². The van der Waals surface area contributed by atoms with Gasteiger partial charge < -0.3 is 29.8 Å². The van der Waals surface area contributed by atoms with Crippen molar-refractivity contribution in [2.75, 3.05) is 40.5 Å². The average molecular weight is 417 g/mol. The van der Waals surface area contributed by atoms with Gasteiger partial charge >= 0.3 is 0 Å². The Labute approximate surface area is 178 Å². The van der Waals surface area contributed by atoms with E-state index in [0.717, 1.165) is 28.9 Å². The van der Waals surface area contributed by atoms with E-state index in [4.69, 9.17) is 13.9 Å². The highest BCUT2D eigenvalue weighted by Gasteiger charge is 2.11. The summed E-state index contributed by atoms with van der Waals surface area (Å²) >= 11 is 0. The lowest BCUT2D eigenvalue weighted by Crippen LogP contribution is -2.38. The Morgan fingerprint density at radius 1 is 1.10 bits per heavy atom. The van der Waals surface area contributed by atoms with Gasteiger partial charge in [0.15, 0.2) is 11.7 Å². The van der Waals surface area contributed by atoms with Crippen LogP contribution in [0.15, 0.2) is 39.9 Å². The number of nitrogens with one attached hydrogen (secondary N) is 3. The van der Waals surface area contributed by atoms with Gasteiger partial charge in [0, 0.05) is 44.9 Å². The van der Waals surface area contributed by atoms with Crippen LogP contribution in [0.3, 0.4) is 0 Å². The summed E-state index contributed by atoms with van der Waals surface area (Å²) in [7, 11) is 3.38. The lowest BCUT2D eigenvalue weighted by molar-refractivity contribution is 0.0925. The number of amides is 1. The molecular weight excluding hydrogens is 384 g/mol. The molecule has 1 amide bonds. The van der Waals surface area contributed by atoms with E-state index >= 15 is 0 Å². The fraction of sp³-hybridized carbons (Fsp3) is 0.455. The molecule has 0 aliphatic heterocycles. The van der Waals surface area contributed by atoms with Crippen molar-refractivity contribution >= 4 is 11.9 Å². The number of benzene rings is 1. The first kappa shape index (κ1) is 23.3. The maximum absolute atomic E-state index is 12.0. The number of rotatable bonds is 11. The molecular formula is C22H32N4O4. The first-order valence-electron chi connectivity index (χ1n) is 10.0. The fourth-order valence-corrected chi connectivity index (χ4v) is 2.76. The summed E-state index contributed by atoms with van der Waals surface area (Å²) < 4.78 is 16.1. The lowest BCUT2D eigenvalue weighted by Gasteiger charge is -2.15. The van der Waals surface area contributed by atoms with Crippen LogP contribution in [-0.4, -0.2) is 52.3 Å². The normalized spacial score (nSPS) is 11.3. The summed E-state index contributed by atoms with van der Waals surface area (Å²) in [6, 6.07) is 7.89. The van der Waals surface area contributed by atoms with Gasteiger partial charge in [0.25, 0.3) is 5.91 Å². The molecule has 0 spiro atoms. The molecule has 0 saturated heterocycles. The number of carbonyl (C=O) groups is 1. The topological polar surface area (TPSA) is 97.1 Å². The van der Waals surface area contributed by atoms with E-state index in [0.29, 0.717) is 44.6 Å². The number of furan rings is 1. The van der Waals surface area contributed by atoms with Crippen LogP contribution in [0.4, 0.5) is 0 Å². The summed E-state index contributed by atoms with van der Waals surface area (Å²) in [5, 5.41) is 9.39. The smallest absolute Gasteiger partial charge is 0.287 e. The molecule has 1 heterocycles. The molecule has 0 saturated carbocycles. The van der Waals surface area contributed by atoms with Crippen LogP contribution >= 0.6 is 0 Å². The molecule has 30 heavy (non-hydrogen) atoms. The molecule has 0 bridgehead atoms. The van der Waals surface area contributed by atoms with Crippen molar-refractivity contribution < 1.29 is 18.7 Å². The molecule has 0 atom stereocenters. The van der Waals surface area contributed by atoms with E-state index in [2.05, 4.69) is 27.0 Å². The number of hydrogen-bond donors (Lipinski definition) is 3. The molecule has 2 rings (SSSR count). The third-order valence-corrected chi connectivity index (χ3v) is 4.44. The van der Waals surface area contributed by atoms with Gasteiger partial charge in [-0.3, -0.25) is 9.79 Å². The molecule has 0 aliphatic carbocycles. The predicted octanol–water partition coefficient (Wildman–Crippen LogP) is 2.41. The number of aliphatic imine (C=N–C) groups is 1. The maximum atomic E-state index is 12.0. The Bertz CT molecular complexity index is 832. The predicted molar refractivity (Wildman–Crippen MR) is 117 cm³/mol. The third kappa shape index (κ3) is 7.44. The standard InChI is InChI=1S/C22H32N4O4/c1-16-6-7-18(19(14-16)29-13-12-28-4)15-26-22(23-3)25-10-5-9-24-21(27)20-17(2)8-11-30-20/h6-8,11,14H,5,9-10,12-13,15H2,1-4H3,(H,24,27)(H2,23,25,26). The largest absolute Gasteiger partial charge is 0.491 e. The number of hydrogen-bond acceptors (Lipinski definition) is 5. The van der Waals surface area contributed by atoms with Crippen molar-refractivity contribution in [2.24, 2.45) is 4.99 Å². The second kappa shape index (κ2) is 12.5. The molecule has 0 aliphatic rings. The quantitative estimate of drug-likeness (QED) is 0.296. The number of aryl methyl sites for hydroxylation is 2. The summed E-state index contributed by atoms with van der Waals surface area (Å²) in [6.45, 7) is 6.71. The Hall–Kier alpha value is -3.00. The van der Waals surface area contributed by atoms with Gasteiger partial charge in [-0.15, -0.1) is 0 Å². The summed E-state index contributed by atoms with van der Waals surface area (Å²) in [6.07, 6.45) is 2.27. The van der Waals surface area contributed by atoms with Crippen LogP contribution in [0.5, 0.6) is 5.75 Å². The fourth-order valence-electron chi connectivity index (χ4n) is 2.76. The third-order valence-electron chi connectivity index (χ3n) is 4.44. The molecule has 2 aromatic rings. The monoisotopic (exact) mass is 416 g/mol. The van der Waals surface area contributed by atoms with Crippen molar-refractivity contribution in [3.63, 3.8) is 0 Å². The Morgan fingerprint density at radius 2 is 1.90 bits per heavy atom. The molecule has 3 N–H and O–H groups in total. The zero-order chi connectivity index (χ0) is 21.8. The van der Waals surface area contributed by atoms with Crippen LogP contribution < -0.4 is 20.7 Å². The van der Waals surface area contributed by atoms with E-state index in [1.807, 2.05) is 26.0 Å². The average Bonchev–Trinajstić information content (AvgIpc) is 3.17. The van der Waals surface area contributed by atoms with Crippen LogP contribution in [0.25, 0.3) is 0 Å². The zero-order valence-corrected chi connectivity index (χ0v) is 18.2. The second-order valence-corrected chi connectivity index (χ2v) is 6.85. The second-order valence-electron chi connectivity index (χ2n) is 6.85. The van der Waals surface area contributed by atoms with Gasteiger partial charge in [-0.2, -0.15) is 0 Å². The van der Waals surface area contributed by atoms with Crippen LogP contribution in [-0.2, 0) is 11.3 Å². The Morgan fingerprint density at radius 3 is 2.60 bits per heavy atom. The molecule has 1 aromatic heterocycles. The molecule has 1 aromatic carbocycles. The lowest BCUT2D eigenvalue weighted by atomic mass is 10.1. The van der Waals surface area contributed by atoms with E-state index in [9.17, 15) is 4.79 Å². The van der Waals surface area contributed by atoms with Crippen LogP contribution in [0.1, 0.15) is 33.7 Å². The van der Waals surface area contributed by atoms with E-state index < -0.39 is 0 Å². The van der Waals surface area contributed by atoms with Gasteiger partial charge in [0.05, 0.1) is 12.9 Å².